The molecule has 1 aromatic carbocycles. The number of nitriles is 1. The van der Waals surface area contributed by atoms with Gasteiger partial charge in [-0.3, -0.25) is 0 Å². The average molecular weight is 282 g/mol. The number of hydrogen-bond acceptors (Lipinski definition) is 4. The summed E-state index contributed by atoms with van der Waals surface area (Å²) in [6.45, 7) is 0. The van der Waals surface area contributed by atoms with Gasteiger partial charge in [0.2, 0.25) is 10.0 Å². The Hall–Kier alpha value is -1.03. The molecule has 1 atom stereocenters. The SMILES string of the molecule is CN(C1CCSC1)S(=O)(=O)c1cccc(C#N)c1. The van der Waals surface area contributed by atoms with Crippen LogP contribution in [0.15, 0.2) is 29.2 Å². The van der Waals surface area contributed by atoms with Crippen LogP contribution in [0.1, 0.15) is 12.0 Å². The van der Waals surface area contributed by atoms with Gasteiger partial charge in [0.25, 0.3) is 0 Å². The topological polar surface area (TPSA) is 61.2 Å². The molecule has 1 saturated heterocycles. The van der Waals surface area contributed by atoms with Crippen LogP contribution in [0.4, 0.5) is 0 Å². The van der Waals surface area contributed by atoms with Crippen LogP contribution in [0.3, 0.4) is 0 Å². The minimum atomic E-state index is -3.49. The molecule has 0 bridgehead atoms. The second-order valence-corrected chi connectivity index (χ2v) is 7.33. The Morgan fingerprint density at radius 3 is 2.89 bits per heavy atom. The van der Waals surface area contributed by atoms with Crippen molar-refractivity contribution in [3.05, 3.63) is 29.8 Å². The highest BCUT2D eigenvalue weighted by atomic mass is 32.2. The number of nitrogens with zero attached hydrogens (tertiary/aromatic N) is 2. The van der Waals surface area contributed by atoms with Gasteiger partial charge in [-0.1, -0.05) is 6.07 Å². The second kappa shape index (κ2) is 5.31. The molecule has 0 saturated carbocycles. The predicted octanol–water partition coefficient (Wildman–Crippen LogP) is 1.68. The van der Waals surface area contributed by atoms with Crippen molar-refractivity contribution in [1.82, 2.24) is 4.31 Å². The summed E-state index contributed by atoms with van der Waals surface area (Å²) in [6.07, 6.45) is 0.887. The van der Waals surface area contributed by atoms with Crippen LogP contribution in [0.5, 0.6) is 0 Å². The van der Waals surface area contributed by atoms with E-state index in [0.717, 1.165) is 17.9 Å². The minimum absolute atomic E-state index is 0.0609. The molecule has 4 nitrogen and oxygen atoms in total. The summed E-state index contributed by atoms with van der Waals surface area (Å²) in [7, 11) is -1.87. The highest BCUT2D eigenvalue weighted by molar-refractivity contribution is 7.99. The lowest BCUT2D eigenvalue weighted by atomic mass is 10.2. The zero-order chi connectivity index (χ0) is 13.2. The van der Waals surface area contributed by atoms with Crippen LogP contribution < -0.4 is 0 Å². The number of hydrogen-bond donors (Lipinski definition) is 0. The van der Waals surface area contributed by atoms with Crippen molar-refractivity contribution < 1.29 is 8.42 Å². The molecule has 0 radical (unpaired) electrons. The van der Waals surface area contributed by atoms with Crippen LogP contribution in [-0.4, -0.2) is 37.3 Å². The number of thioether (sulfide) groups is 1. The van der Waals surface area contributed by atoms with E-state index in [-0.39, 0.29) is 10.9 Å². The highest BCUT2D eigenvalue weighted by Gasteiger charge is 2.30. The van der Waals surface area contributed by atoms with Crippen molar-refractivity contribution in [2.45, 2.75) is 17.4 Å². The molecule has 2 rings (SSSR count). The molecule has 0 N–H and O–H groups in total. The van der Waals surface area contributed by atoms with Crippen LogP contribution in [-0.2, 0) is 10.0 Å². The lowest BCUT2D eigenvalue weighted by Crippen LogP contribution is -2.36. The molecule has 0 amide bonds. The van der Waals surface area contributed by atoms with Gasteiger partial charge in [-0.25, -0.2) is 8.42 Å². The lowest BCUT2D eigenvalue weighted by Gasteiger charge is -2.23. The standard InChI is InChI=1S/C12H14N2O2S2/c1-14(11-5-6-17-9-11)18(15,16)12-4-2-3-10(7-12)8-13/h2-4,7,11H,5-6,9H2,1H3. The molecule has 1 aliphatic heterocycles. The van der Waals surface area contributed by atoms with E-state index in [0.29, 0.717) is 5.56 Å². The zero-order valence-electron chi connectivity index (χ0n) is 10.0. The number of rotatable bonds is 3. The largest absolute Gasteiger partial charge is 0.243 e. The maximum atomic E-state index is 12.4. The third-order valence-electron chi connectivity index (χ3n) is 3.06. The van der Waals surface area contributed by atoms with Crippen LogP contribution in [0.2, 0.25) is 0 Å². The van der Waals surface area contributed by atoms with Crippen molar-refractivity contribution in [2.24, 2.45) is 0 Å². The molecule has 0 aliphatic carbocycles. The van der Waals surface area contributed by atoms with Gasteiger partial charge in [0.1, 0.15) is 0 Å². The maximum absolute atomic E-state index is 12.4. The first-order valence-corrected chi connectivity index (χ1v) is 8.21. The zero-order valence-corrected chi connectivity index (χ0v) is 11.7. The molecular weight excluding hydrogens is 268 g/mol. The minimum Gasteiger partial charge on any atom is -0.207 e. The van der Waals surface area contributed by atoms with Gasteiger partial charge in [-0.2, -0.15) is 21.3 Å². The van der Waals surface area contributed by atoms with Gasteiger partial charge in [0.05, 0.1) is 16.5 Å². The molecule has 6 heteroatoms. The van der Waals surface area contributed by atoms with E-state index in [4.69, 9.17) is 5.26 Å². The van der Waals surface area contributed by atoms with E-state index in [2.05, 4.69) is 0 Å². The summed E-state index contributed by atoms with van der Waals surface area (Å²) in [6, 6.07) is 8.18. The van der Waals surface area contributed by atoms with Crippen molar-refractivity contribution in [3.63, 3.8) is 0 Å². The summed E-state index contributed by atoms with van der Waals surface area (Å²) in [5, 5.41) is 8.82. The summed E-state index contributed by atoms with van der Waals surface area (Å²) in [4.78, 5) is 0.195. The van der Waals surface area contributed by atoms with Gasteiger partial charge in [0, 0.05) is 18.8 Å². The van der Waals surface area contributed by atoms with Gasteiger partial charge in [0.15, 0.2) is 0 Å². The summed E-state index contributed by atoms with van der Waals surface area (Å²) < 4.78 is 26.2. The lowest BCUT2D eigenvalue weighted by molar-refractivity contribution is 0.394. The van der Waals surface area contributed by atoms with E-state index in [1.807, 2.05) is 6.07 Å². The fourth-order valence-electron chi connectivity index (χ4n) is 1.90. The van der Waals surface area contributed by atoms with Crippen LogP contribution in [0.25, 0.3) is 0 Å². The van der Waals surface area contributed by atoms with Crippen molar-refractivity contribution >= 4 is 21.8 Å². The fraction of sp³-hybridized carbons (Fsp3) is 0.417. The normalized spacial score (nSPS) is 19.9. The summed E-state index contributed by atoms with van der Waals surface area (Å²) in [5.74, 6) is 1.84. The first kappa shape index (κ1) is 13.4. The number of sulfonamides is 1. The quantitative estimate of drug-likeness (QED) is 0.846. The maximum Gasteiger partial charge on any atom is 0.243 e. The smallest absolute Gasteiger partial charge is 0.207 e. The van der Waals surface area contributed by atoms with Crippen molar-refractivity contribution in [3.8, 4) is 6.07 Å². The predicted molar refractivity (Wildman–Crippen MR) is 71.8 cm³/mol. The van der Waals surface area contributed by atoms with Crippen LogP contribution in [0, 0.1) is 11.3 Å². The van der Waals surface area contributed by atoms with E-state index in [1.165, 1.54) is 16.4 Å². The van der Waals surface area contributed by atoms with Crippen LogP contribution >= 0.6 is 11.8 Å². The fourth-order valence-corrected chi connectivity index (χ4v) is 4.69. The molecule has 0 aromatic heterocycles. The molecule has 18 heavy (non-hydrogen) atoms. The molecule has 1 heterocycles. The number of benzene rings is 1. The Bertz CT molecular complexity index is 572. The van der Waals surface area contributed by atoms with E-state index >= 15 is 0 Å². The molecular formula is C12H14N2O2S2. The third-order valence-corrected chi connectivity index (χ3v) is 6.11. The van der Waals surface area contributed by atoms with Gasteiger partial charge in [-0.15, -0.1) is 0 Å². The second-order valence-electron chi connectivity index (χ2n) is 4.18. The Morgan fingerprint density at radius 2 is 2.28 bits per heavy atom. The molecule has 1 aliphatic rings. The first-order chi connectivity index (χ1) is 8.55. The van der Waals surface area contributed by atoms with Crippen molar-refractivity contribution in [1.29, 1.82) is 5.26 Å². The highest BCUT2D eigenvalue weighted by Crippen LogP contribution is 2.26. The molecule has 0 spiro atoms. The van der Waals surface area contributed by atoms with E-state index in [9.17, 15) is 8.42 Å². The van der Waals surface area contributed by atoms with Crippen molar-refractivity contribution in [2.75, 3.05) is 18.6 Å². The van der Waals surface area contributed by atoms with E-state index in [1.54, 1.807) is 30.9 Å². The van der Waals surface area contributed by atoms with Gasteiger partial charge < -0.3 is 0 Å². The summed E-state index contributed by atoms with van der Waals surface area (Å²) >= 11 is 1.77. The Labute approximate surface area is 112 Å². The van der Waals surface area contributed by atoms with E-state index < -0.39 is 10.0 Å². The molecule has 1 unspecified atom stereocenters. The van der Waals surface area contributed by atoms with Gasteiger partial charge in [-0.05, 0) is 30.4 Å². The summed E-state index contributed by atoms with van der Waals surface area (Å²) in [5.41, 5.74) is 0.366. The third kappa shape index (κ3) is 2.53. The monoisotopic (exact) mass is 282 g/mol. The first-order valence-electron chi connectivity index (χ1n) is 5.61. The Kier molecular flexibility index (Phi) is 3.95. The average Bonchev–Trinajstić information content (AvgIpc) is 2.91. The Morgan fingerprint density at radius 1 is 1.50 bits per heavy atom. The molecule has 96 valence electrons. The van der Waals surface area contributed by atoms with Gasteiger partial charge >= 0.3 is 0 Å². The molecule has 1 fully saturated rings. The Balaban J connectivity index is 2.32. The molecule has 1 aromatic rings.